The molecule has 150 valence electrons. The molecule has 1 aromatic rings. The third kappa shape index (κ3) is 5.45. The summed E-state index contributed by atoms with van der Waals surface area (Å²) >= 11 is 0. The topological polar surface area (TPSA) is 70.2 Å². The van der Waals surface area contributed by atoms with Crippen LogP contribution in [0.5, 0.6) is 0 Å². The van der Waals surface area contributed by atoms with Crippen molar-refractivity contribution in [2.75, 3.05) is 18.4 Å². The lowest BCUT2D eigenvalue weighted by Gasteiger charge is -2.28. The van der Waals surface area contributed by atoms with Crippen molar-refractivity contribution in [3.8, 4) is 0 Å². The maximum atomic E-state index is 13.0. The fourth-order valence-electron chi connectivity index (χ4n) is 4.11. The molecule has 2 aliphatic rings. The number of carbonyl (C=O) groups excluding carboxylic acids is 2. The molecule has 1 atom stereocenters. The second-order valence-electron chi connectivity index (χ2n) is 8.01. The monoisotopic (exact) mass is 393 g/mol. The van der Waals surface area contributed by atoms with Gasteiger partial charge in [0.2, 0.25) is 11.8 Å². The van der Waals surface area contributed by atoms with Crippen LogP contribution in [0.25, 0.3) is 0 Å². The lowest BCUT2D eigenvalue weighted by molar-refractivity contribution is -0.126. The average molecular weight is 394 g/mol. The lowest BCUT2D eigenvalue weighted by atomic mass is 9.84. The van der Waals surface area contributed by atoms with Crippen molar-refractivity contribution in [3.05, 3.63) is 29.3 Å². The molecular weight excluding hydrogens is 362 g/mol. The molecule has 1 saturated carbocycles. The van der Waals surface area contributed by atoms with Crippen LogP contribution in [0.15, 0.2) is 18.2 Å². The van der Waals surface area contributed by atoms with Gasteiger partial charge in [0, 0.05) is 24.7 Å². The number of amides is 2. The van der Waals surface area contributed by atoms with Crippen molar-refractivity contribution < 1.29 is 9.59 Å². The molecule has 2 amide bonds. The maximum absolute atomic E-state index is 13.0. The van der Waals surface area contributed by atoms with Gasteiger partial charge < -0.3 is 16.0 Å². The van der Waals surface area contributed by atoms with E-state index in [4.69, 9.17) is 0 Å². The molecule has 27 heavy (non-hydrogen) atoms. The molecule has 5 nitrogen and oxygen atoms in total. The summed E-state index contributed by atoms with van der Waals surface area (Å²) < 4.78 is 0. The van der Waals surface area contributed by atoms with Crippen LogP contribution < -0.4 is 16.0 Å². The summed E-state index contributed by atoms with van der Waals surface area (Å²) in [4.78, 5) is 25.3. The first-order chi connectivity index (χ1) is 12.5. The first-order valence-corrected chi connectivity index (χ1v) is 9.87. The number of hydrogen-bond donors (Lipinski definition) is 3. The zero-order chi connectivity index (χ0) is 18.6. The summed E-state index contributed by atoms with van der Waals surface area (Å²) in [6, 6.07) is 6.29. The molecule has 3 N–H and O–H groups in total. The summed E-state index contributed by atoms with van der Waals surface area (Å²) in [5.41, 5.74) is 2.75. The van der Waals surface area contributed by atoms with Gasteiger partial charge in [-0.25, -0.2) is 0 Å². The fourth-order valence-corrected chi connectivity index (χ4v) is 4.11. The Balaban J connectivity index is 0.00000261. The first kappa shape index (κ1) is 21.7. The molecule has 1 aromatic carbocycles. The number of benzene rings is 1. The van der Waals surface area contributed by atoms with E-state index in [2.05, 4.69) is 22.9 Å². The number of carbonyl (C=O) groups is 2. The molecule has 3 rings (SSSR count). The van der Waals surface area contributed by atoms with E-state index in [1.54, 1.807) is 0 Å². The molecule has 1 aliphatic carbocycles. The third-order valence-electron chi connectivity index (χ3n) is 6.03. The van der Waals surface area contributed by atoms with Gasteiger partial charge >= 0.3 is 0 Å². The van der Waals surface area contributed by atoms with Gasteiger partial charge in [-0.1, -0.05) is 18.9 Å². The van der Waals surface area contributed by atoms with Crippen molar-refractivity contribution in [2.45, 2.75) is 64.8 Å². The van der Waals surface area contributed by atoms with E-state index in [0.717, 1.165) is 50.8 Å². The highest BCUT2D eigenvalue weighted by molar-refractivity contribution is 5.96. The van der Waals surface area contributed by atoms with Crippen LogP contribution in [-0.4, -0.2) is 30.9 Å². The van der Waals surface area contributed by atoms with Gasteiger partial charge in [-0.2, -0.15) is 0 Å². The molecule has 1 aliphatic heterocycles. The molecule has 0 spiro atoms. The number of aryl methyl sites for hydroxylation is 2. The molecule has 0 aromatic heterocycles. The molecule has 1 unspecified atom stereocenters. The Kier molecular flexibility index (Phi) is 7.68. The van der Waals surface area contributed by atoms with E-state index in [-0.39, 0.29) is 24.2 Å². The zero-order valence-electron chi connectivity index (χ0n) is 16.4. The predicted molar refractivity (Wildman–Crippen MR) is 111 cm³/mol. The summed E-state index contributed by atoms with van der Waals surface area (Å²) in [5, 5.41) is 9.48. The Morgan fingerprint density at radius 2 is 1.89 bits per heavy atom. The van der Waals surface area contributed by atoms with Crippen molar-refractivity contribution in [3.63, 3.8) is 0 Å². The number of nitrogens with one attached hydrogen (secondary N) is 3. The van der Waals surface area contributed by atoms with Crippen LogP contribution in [0, 0.1) is 19.3 Å². The van der Waals surface area contributed by atoms with Crippen LogP contribution in [0.1, 0.15) is 56.1 Å². The van der Waals surface area contributed by atoms with E-state index >= 15 is 0 Å². The SMILES string of the molecule is Cc1ccc(NC(=O)C2(CNC(=O)CC3CCCN3)CCCC2)cc1C.Cl. The number of anilines is 1. The van der Waals surface area contributed by atoms with Gasteiger partial charge in [-0.3, -0.25) is 9.59 Å². The van der Waals surface area contributed by atoms with E-state index in [0.29, 0.717) is 19.0 Å². The highest BCUT2D eigenvalue weighted by atomic mass is 35.5. The first-order valence-electron chi connectivity index (χ1n) is 9.87. The quantitative estimate of drug-likeness (QED) is 0.692. The summed E-state index contributed by atoms with van der Waals surface area (Å²) in [5.74, 6) is 0.0900. The number of hydrogen-bond acceptors (Lipinski definition) is 3. The van der Waals surface area contributed by atoms with Crippen molar-refractivity contribution in [1.82, 2.24) is 10.6 Å². The predicted octanol–water partition coefficient (Wildman–Crippen LogP) is 3.48. The van der Waals surface area contributed by atoms with Gasteiger partial charge in [-0.05, 0) is 69.3 Å². The molecule has 2 fully saturated rings. The molecule has 0 bridgehead atoms. The maximum Gasteiger partial charge on any atom is 0.232 e. The van der Waals surface area contributed by atoms with Crippen LogP contribution in [0.3, 0.4) is 0 Å². The molecule has 1 saturated heterocycles. The van der Waals surface area contributed by atoms with Gasteiger partial charge in [0.05, 0.1) is 5.41 Å². The van der Waals surface area contributed by atoms with E-state index in [1.807, 2.05) is 25.1 Å². The zero-order valence-corrected chi connectivity index (χ0v) is 17.2. The van der Waals surface area contributed by atoms with Crippen molar-refractivity contribution in [1.29, 1.82) is 0 Å². The van der Waals surface area contributed by atoms with E-state index in [9.17, 15) is 9.59 Å². The fraction of sp³-hybridized carbons (Fsp3) is 0.619. The summed E-state index contributed by atoms with van der Waals surface area (Å²) in [6.45, 7) is 5.55. The second-order valence-corrected chi connectivity index (χ2v) is 8.01. The van der Waals surface area contributed by atoms with Gasteiger partial charge in [0.1, 0.15) is 0 Å². The minimum atomic E-state index is -0.475. The molecule has 6 heteroatoms. The Morgan fingerprint density at radius 1 is 1.15 bits per heavy atom. The third-order valence-corrected chi connectivity index (χ3v) is 6.03. The minimum Gasteiger partial charge on any atom is -0.355 e. The Morgan fingerprint density at radius 3 is 2.52 bits per heavy atom. The van der Waals surface area contributed by atoms with Crippen molar-refractivity contribution in [2.24, 2.45) is 5.41 Å². The van der Waals surface area contributed by atoms with E-state index in [1.165, 1.54) is 11.1 Å². The Hall–Kier alpha value is -1.59. The lowest BCUT2D eigenvalue weighted by Crippen LogP contribution is -2.45. The van der Waals surface area contributed by atoms with E-state index < -0.39 is 5.41 Å². The van der Waals surface area contributed by atoms with Crippen molar-refractivity contribution >= 4 is 29.9 Å². The van der Waals surface area contributed by atoms with Crippen LogP contribution >= 0.6 is 12.4 Å². The highest BCUT2D eigenvalue weighted by Crippen LogP contribution is 2.38. The molecular formula is C21H32ClN3O2. The van der Waals surface area contributed by atoms with Gasteiger partial charge in [0.15, 0.2) is 0 Å². The normalized spacial score (nSPS) is 20.7. The van der Waals surface area contributed by atoms with Crippen LogP contribution in [0.2, 0.25) is 0 Å². The Bertz CT molecular complexity index is 665. The largest absolute Gasteiger partial charge is 0.355 e. The summed E-state index contributed by atoms with van der Waals surface area (Å²) in [6.07, 6.45) is 6.47. The standard InChI is InChI=1S/C21H31N3O2.ClH/c1-15-7-8-18(12-16(15)2)24-20(26)21(9-3-4-10-21)14-23-19(25)13-17-6-5-11-22-17;/h7-8,12,17,22H,3-6,9-11,13-14H2,1-2H3,(H,23,25)(H,24,26);1H. The second kappa shape index (κ2) is 9.56. The molecule has 1 heterocycles. The van der Waals surface area contributed by atoms with Crippen LogP contribution in [-0.2, 0) is 9.59 Å². The smallest absolute Gasteiger partial charge is 0.232 e. The van der Waals surface area contributed by atoms with Gasteiger partial charge in [0.25, 0.3) is 0 Å². The van der Waals surface area contributed by atoms with Crippen LogP contribution in [0.4, 0.5) is 5.69 Å². The summed E-state index contributed by atoms with van der Waals surface area (Å²) in [7, 11) is 0. The molecule has 0 radical (unpaired) electrons. The average Bonchev–Trinajstić information content (AvgIpc) is 3.29. The number of halogens is 1. The highest BCUT2D eigenvalue weighted by Gasteiger charge is 2.41. The Labute approximate surface area is 168 Å². The van der Waals surface area contributed by atoms with Gasteiger partial charge in [-0.15, -0.1) is 12.4 Å². The minimum absolute atomic E-state index is 0. The number of rotatable bonds is 6.